The molecule has 1 fully saturated rings. The van der Waals surface area contributed by atoms with E-state index in [2.05, 4.69) is 5.10 Å². The van der Waals surface area contributed by atoms with Gasteiger partial charge in [0.2, 0.25) is 0 Å². The number of amides is 1. The maximum Gasteiger partial charge on any atom is 0.272 e. The number of nitrogens with zero attached hydrogens (tertiary/aromatic N) is 2. The van der Waals surface area contributed by atoms with Crippen LogP contribution in [0.3, 0.4) is 0 Å². The molecule has 6 heteroatoms. The molecule has 1 atom stereocenters. The molecular formula is C22H24N4O2. The second kappa shape index (κ2) is 6.80. The van der Waals surface area contributed by atoms with Gasteiger partial charge in [0, 0.05) is 19.2 Å². The zero-order valence-corrected chi connectivity index (χ0v) is 16.1. The van der Waals surface area contributed by atoms with Crippen LogP contribution in [0, 0.1) is 13.8 Å². The summed E-state index contributed by atoms with van der Waals surface area (Å²) in [6, 6.07) is 17.0. The number of benzene rings is 2. The number of likely N-dealkylation sites (tertiary alicyclic amines) is 1. The van der Waals surface area contributed by atoms with Gasteiger partial charge in [0.05, 0.1) is 11.2 Å². The predicted molar refractivity (Wildman–Crippen MR) is 109 cm³/mol. The average Bonchev–Trinajstić information content (AvgIpc) is 3.28. The van der Waals surface area contributed by atoms with Gasteiger partial charge >= 0.3 is 0 Å². The molecule has 3 aromatic rings. The third-order valence-corrected chi connectivity index (χ3v) is 5.64. The topological polar surface area (TPSA) is 84.1 Å². The molecule has 0 spiro atoms. The predicted octanol–water partition coefficient (Wildman–Crippen LogP) is 2.48. The van der Waals surface area contributed by atoms with E-state index in [-0.39, 0.29) is 17.2 Å². The molecule has 1 saturated heterocycles. The van der Waals surface area contributed by atoms with E-state index in [4.69, 9.17) is 5.73 Å². The highest BCUT2D eigenvalue weighted by molar-refractivity contribution is 5.92. The van der Waals surface area contributed by atoms with E-state index in [1.54, 1.807) is 4.90 Å². The van der Waals surface area contributed by atoms with Gasteiger partial charge in [0.15, 0.2) is 0 Å². The summed E-state index contributed by atoms with van der Waals surface area (Å²) in [4.78, 5) is 27.1. The number of aromatic amines is 1. The van der Waals surface area contributed by atoms with E-state index in [1.165, 1.54) is 10.7 Å². The molecule has 0 radical (unpaired) electrons. The van der Waals surface area contributed by atoms with Crippen molar-refractivity contribution in [2.24, 2.45) is 5.73 Å². The molecule has 1 amide bonds. The number of aromatic nitrogens is 2. The number of hydrogen-bond donors (Lipinski definition) is 2. The number of rotatable bonds is 3. The second-order valence-corrected chi connectivity index (χ2v) is 7.61. The van der Waals surface area contributed by atoms with Gasteiger partial charge in [-0.25, -0.2) is 4.68 Å². The minimum atomic E-state index is -0.562. The maximum atomic E-state index is 13.0. The Kier molecular flexibility index (Phi) is 4.43. The number of nitrogens with one attached hydrogen (secondary N) is 1. The summed E-state index contributed by atoms with van der Waals surface area (Å²) in [6.07, 6.45) is 0.685. The van der Waals surface area contributed by atoms with Crippen molar-refractivity contribution in [1.82, 2.24) is 14.7 Å². The molecule has 28 heavy (non-hydrogen) atoms. The summed E-state index contributed by atoms with van der Waals surface area (Å²) in [5.74, 6) is -0.206. The Balaban J connectivity index is 1.58. The van der Waals surface area contributed by atoms with Gasteiger partial charge in [-0.1, -0.05) is 36.4 Å². The molecule has 1 aromatic heterocycles. The van der Waals surface area contributed by atoms with Crippen LogP contribution in [0.15, 0.2) is 59.4 Å². The summed E-state index contributed by atoms with van der Waals surface area (Å²) in [7, 11) is 0. The Bertz CT molecular complexity index is 1080. The average molecular weight is 376 g/mol. The molecule has 144 valence electrons. The van der Waals surface area contributed by atoms with Crippen molar-refractivity contribution in [3.63, 3.8) is 0 Å². The summed E-state index contributed by atoms with van der Waals surface area (Å²) in [5.41, 5.74) is 10.0. The molecule has 6 nitrogen and oxygen atoms in total. The van der Waals surface area contributed by atoms with Crippen LogP contribution in [0.25, 0.3) is 5.69 Å². The highest BCUT2D eigenvalue weighted by Gasteiger charge is 2.38. The fraction of sp³-hybridized carbons (Fsp3) is 0.273. The number of carbonyl (C=O) groups excluding carboxylic acids is 1. The third kappa shape index (κ3) is 3.16. The third-order valence-electron chi connectivity index (χ3n) is 5.64. The van der Waals surface area contributed by atoms with Crippen LogP contribution in [0.1, 0.15) is 33.6 Å². The first-order chi connectivity index (χ1) is 13.4. The maximum absolute atomic E-state index is 13.0. The summed E-state index contributed by atoms with van der Waals surface area (Å²) < 4.78 is 1.41. The monoisotopic (exact) mass is 376 g/mol. The number of nitrogens with two attached hydrogens (primary N) is 1. The Morgan fingerprint density at radius 2 is 1.82 bits per heavy atom. The molecule has 1 aliphatic rings. The van der Waals surface area contributed by atoms with Crippen LogP contribution in [0.4, 0.5) is 0 Å². The molecule has 1 unspecified atom stereocenters. The highest BCUT2D eigenvalue weighted by atomic mass is 16.2. The molecule has 4 rings (SSSR count). The lowest BCUT2D eigenvalue weighted by Crippen LogP contribution is -2.41. The van der Waals surface area contributed by atoms with Gasteiger partial charge in [-0.2, -0.15) is 0 Å². The van der Waals surface area contributed by atoms with Crippen LogP contribution < -0.4 is 11.3 Å². The SMILES string of the molecule is Cc1ccc(-n2[nH]c(C(=O)N3CCC(N)(c4ccccc4)C3)cc2=O)cc1C. The van der Waals surface area contributed by atoms with Crippen LogP contribution in [-0.4, -0.2) is 33.7 Å². The van der Waals surface area contributed by atoms with Gasteiger partial charge in [0.25, 0.3) is 11.5 Å². The van der Waals surface area contributed by atoms with Gasteiger partial charge in [0.1, 0.15) is 5.69 Å². The fourth-order valence-corrected chi connectivity index (χ4v) is 3.74. The normalized spacial score (nSPS) is 19.2. The first-order valence-corrected chi connectivity index (χ1v) is 9.41. The van der Waals surface area contributed by atoms with E-state index in [1.807, 2.05) is 62.4 Å². The van der Waals surface area contributed by atoms with Crippen molar-refractivity contribution in [2.75, 3.05) is 13.1 Å². The zero-order chi connectivity index (χ0) is 19.9. The van der Waals surface area contributed by atoms with Crippen molar-refractivity contribution in [3.8, 4) is 5.69 Å². The van der Waals surface area contributed by atoms with E-state index in [0.29, 0.717) is 25.2 Å². The minimum Gasteiger partial charge on any atom is -0.335 e. The quantitative estimate of drug-likeness (QED) is 0.737. The first-order valence-electron chi connectivity index (χ1n) is 9.41. The number of hydrogen-bond acceptors (Lipinski definition) is 3. The molecule has 0 bridgehead atoms. The Morgan fingerprint density at radius 1 is 1.07 bits per heavy atom. The molecule has 3 N–H and O–H groups in total. The second-order valence-electron chi connectivity index (χ2n) is 7.61. The summed E-state index contributed by atoms with van der Waals surface area (Å²) >= 11 is 0. The van der Waals surface area contributed by atoms with Gasteiger partial charge in [-0.3, -0.25) is 14.7 Å². The van der Waals surface area contributed by atoms with Crippen molar-refractivity contribution in [2.45, 2.75) is 25.8 Å². The molecule has 0 saturated carbocycles. The standard InChI is InChI=1S/C22H24N4O2/c1-15-8-9-18(12-16(15)2)26-20(27)13-19(24-26)21(28)25-11-10-22(23,14-25)17-6-4-3-5-7-17/h3-9,12-13,24H,10-11,14,23H2,1-2H3. The smallest absolute Gasteiger partial charge is 0.272 e. The van der Waals surface area contributed by atoms with Crippen LogP contribution in [0.5, 0.6) is 0 Å². The lowest BCUT2D eigenvalue weighted by molar-refractivity contribution is 0.0777. The van der Waals surface area contributed by atoms with E-state index >= 15 is 0 Å². The lowest BCUT2D eigenvalue weighted by Gasteiger charge is -2.25. The van der Waals surface area contributed by atoms with Crippen LogP contribution in [-0.2, 0) is 5.54 Å². The minimum absolute atomic E-state index is 0.206. The Labute approximate surface area is 163 Å². The zero-order valence-electron chi connectivity index (χ0n) is 16.1. The Morgan fingerprint density at radius 3 is 2.54 bits per heavy atom. The largest absolute Gasteiger partial charge is 0.335 e. The molecule has 0 aliphatic carbocycles. The van der Waals surface area contributed by atoms with E-state index in [0.717, 1.165) is 16.7 Å². The van der Waals surface area contributed by atoms with Gasteiger partial charge in [-0.05, 0) is 49.1 Å². The van der Waals surface area contributed by atoms with Gasteiger partial charge in [-0.15, -0.1) is 0 Å². The van der Waals surface area contributed by atoms with Crippen molar-refractivity contribution < 1.29 is 4.79 Å². The van der Waals surface area contributed by atoms with Crippen LogP contribution in [0.2, 0.25) is 0 Å². The van der Waals surface area contributed by atoms with Crippen molar-refractivity contribution >= 4 is 5.91 Å². The number of aryl methyl sites for hydroxylation is 2. The fourth-order valence-electron chi connectivity index (χ4n) is 3.74. The molecule has 2 heterocycles. The van der Waals surface area contributed by atoms with E-state index < -0.39 is 5.54 Å². The first kappa shape index (κ1) is 18.3. The van der Waals surface area contributed by atoms with E-state index in [9.17, 15) is 9.59 Å². The molecule has 1 aliphatic heterocycles. The Hall–Kier alpha value is -3.12. The highest BCUT2D eigenvalue weighted by Crippen LogP contribution is 2.30. The summed E-state index contributed by atoms with van der Waals surface area (Å²) in [6.45, 7) is 4.99. The number of carbonyl (C=O) groups is 1. The van der Waals surface area contributed by atoms with Crippen molar-refractivity contribution in [3.05, 3.63) is 87.3 Å². The van der Waals surface area contributed by atoms with Crippen molar-refractivity contribution in [1.29, 1.82) is 0 Å². The molecular weight excluding hydrogens is 352 g/mol. The van der Waals surface area contributed by atoms with Gasteiger partial charge < -0.3 is 10.6 Å². The molecule has 2 aromatic carbocycles. The lowest BCUT2D eigenvalue weighted by atomic mass is 9.90. The number of H-pyrrole nitrogens is 1. The van der Waals surface area contributed by atoms with Crippen LogP contribution >= 0.6 is 0 Å². The summed E-state index contributed by atoms with van der Waals surface area (Å²) in [5, 5.41) is 2.96.